The van der Waals surface area contributed by atoms with E-state index in [2.05, 4.69) is 48.5 Å². The van der Waals surface area contributed by atoms with Crippen LogP contribution < -0.4 is 5.32 Å². The Hall–Kier alpha value is -1.15. The quantitative estimate of drug-likeness (QED) is 0.614. The molecule has 0 aromatic carbocycles. The maximum absolute atomic E-state index is 4.68. The van der Waals surface area contributed by atoms with Crippen molar-refractivity contribution in [3.63, 3.8) is 0 Å². The van der Waals surface area contributed by atoms with Gasteiger partial charge in [0.15, 0.2) is 0 Å². The highest BCUT2D eigenvalue weighted by molar-refractivity contribution is 5.74. The Bertz CT molecular complexity index is 414. The molecule has 2 nitrogen and oxygen atoms in total. The van der Waals surface area contributed by atoms with E-state index >= 15 is 0 Å². The van der Waals surface area contributed by atoms with Crippen molar-refractivity contribution in [3.05, 3.63) is 35.5 Å². The molecule has 0 bridgehead atoms. The molecule has 0 amide bonds. The van der Waals surface area contributed by atoms with Crippen molar-refractivity contribution >= 4 is 6.21 Å². The fourth-order valence-corrected chi connectivity index (χ4v) is 3.06. The number of dihydropyridines is 1. The van der Waals surface area contributed by atoms with Crippen LogP contribution >= 0.6 is 0 Å². The summed E-state index contributed by atoms with van der Waals surface area (Å²) < 4.78 is 0. The Morgan fingerprint density at radius 2 is 2.00 bits per heavy atom. The van der Waals surface area contributed by atoms with Crippen LogP contribution in [0.2, 0.25) is 0 Å². The van der Waals surface area contributed by atoms with Crippen LogP contribution in [0.25, 0.3) is 0 Å². The lowest BCUT2D eigenvalue weighted by Gasteiger charge is -2.42. The molecule has 0 saturated heterocycles. The fraction of sp³-hybridized carbons (Fsp3) is 0.500. The zero-order chi connectivity index (χ0) is 11.1. The molecule has 1 N–H and O–H groups in total. The Morgan fingerprint density at radius 3 is 2.88 bits per heavy atom. The van der Waals surface area contributed by atoms with E-state index in [-0.39, 0.29) is 0 Å². The molecule has 0 spiro atoms. The lowest BCUT2D eigenvalue weighted by molar-refractivity contribution is 0.323. The van der Waals surface area contributed by atoms with E-state index in [1.165, 1.54) is 11.1 Å². The minimum Gasteiger partial charge on any atom is -0.307 e. The summed E-state index contributed by atoms with van der Waals surface area (Å²) in [5.74, 6) is 1.04. The van der Waals surface area contributed by atoms with Gasteiger partial charge in [-0.25, -0.2) is 0 Å². The summed E-state index contributed by atoms with van der Waals surface area (Å²) in [6.07, 6.45) is 11.1. The van der Waals surface area contributed by atoms with Gasteiger partial charge in [0.2, 0.25) is 0 Å². The number of fused-ring (bicyclic) bond motifs is 3. The summed E-state index contributed by atoms with van der Waals surface area (Å²) in [6, 6.07) is 0.878. The standard InChI is InChI=1S/C14H18N2/c1-9-5-7-15-13-11(9)3-4-12-10(2)6-8-16-14(12)13/h3-7,11-14,16H,8H2,1-2H3. The molecule has 2 aliphatic heterocycles. The van der Waals surface area contributed by atoms with Crippen molar-refractivity contribution in [2.45, 2.75) is 25.9 Å². The van der Waals surface area contributed by atoms with E-state index < -0.39 is 0 Å². The molecule has 16 heavy (non-hydrogen) atoms. The van der Waals surface area contributed by atoms with Crippen LogP contribution in [0.5, 0.6) is 0 Å². The molecule has 1 aliphatic carbocycles. The van der Waals surface area contributed by atoms with Crippen LogP contribution in [0.4, 0.5) is 0 Å². The summed E-state index contributed by atoms with van der Waals surface area (Å²) in [4.78, 5) is 4.68. The molecule has 0 radical (unpaired) electrons. The summed E-state index contributed by atoms with van der Waals surface area (Å²) in [5, 5.41) is 3.60. The van der Waals surface area contributed by atoms with Gasteiger partial charge in [-0.3, -0.25) is 4.99 Å². The van der Waals surface area contributed by atoms with Gasteiger partial charge in [0.1, 0.15) is 0 Å². The van der Waals surface area contributed by atoms with Crippen LogP contribution in [0.3, 0.4) is 0 Å². The van der Waals surface area contributed by atoms with Gasteiger partial charge < -0.3 is 5.32 Å². The Kier molecular flexibility index (Phi) is 2.32. The van der Waals surface area contributed by atoms with E-state index in [9.17, 15) is 0 Å². The maximum atomic E-state index is 4.68. The average Bonchev–Trinajstić information content (AvgIpc) is 2.30. The zero-order valence-electron chi connectivity index (χ0n) is 9.85. The van der Waals surface area contributed by atoms with Crippen LogP contribution in [-0.4, -0.2) is 24.8 Å². The van der Waals surface area contributed by atoms with Crippen LogP contribution in [-0.2, 0) is 0 Å². The van der Waals surface area contributed by atoms with Gasteiger partial charge in [-0.15, -0.1) is 0 Å². The predicted molar refractivity (Wildman–Crippen MR) is 67.7 cm³/mol. The van der Waals surface area contributed by atoms with Gasteiger partial charge in [0, 0.05) is 30.6 Å². The number of hydrogen-bond donors (Lipinski definition) is 1. The minimum atomic E-state index is 0.392. The van der Waals surface area contributed by atoms with Crippen molar-refractivity contribution in [2.24, 2.45) is 16.8 Å². The van der Waals surface area contributed by atoms with Gasteiger partial charge in [0.05, 0.1) is 6.04 Å². The summed E-state index contributed by atoms with van der Waals surface area (Å²) in [5.41, 5.74) is 2.92. The monoisotopic (exact) mass is 214 g/mol. The molecule has 0 fully saturated rings. The van der Waals surface area contributed by atoms with E-state index in [1.54, 1.807) is 0 Å². The van der Waals surface area contributed by atoms with Gasteiger partial charge >= 0.3 is 0 Å². The summed E-state index contributed by atoms with van der Waals surface area (Å²) in [6.45, 7) is 5.43. The van der Waals surface area contributed by atoms with Crippen molar-refractivity contribution in [2.75, 3.05) is 6.54 Å². The van der Waals surface area contributed by atoms with E-state index in [4.69, 9.17) is 0 Å². The first kappa shape index (κ1) is 10.0. The molecular weight excluding hydrogens is 196 g/mol. The first-order valence-electron chi connectivity index (χ1n) is 6.05. The van der Waals surface area contributed by atoms with Crippen molar-refractivity contribution < 1.29 is 0 Å². The summed E-state index contributed by atoms with van der Waals surface area (Å²) >= 11 is 0. The number of nitrogens with one attached hydrogen (secondary N) is 1. The second-order valence-corrected chi connectivity index (χ2v) is 5.02. The number of nitrogens with zero attached hydrogens (tertiary/aromatic N) is 1. The lowest BCUT2D eigenvalue weighted by atomic mass is 9.73. The molecule has 0 aromatic heterocycles. The smallest absolute Gasteiger partial charge is 0.0761 e. The first-order chi connectivity index (χ1) is 7.77. The van der Waals surface area contributed by atoms with E-state index in [1.807, 2.05) is 6.21 Å². The molecule has 4 atom stereocenters. The first-order valence-corrected chi connectivity index (χ1v) is 6.05. The Morgan fingerprint density at radius 1 is 1.19 bits per heavy atom. The zero-order valence-corrected chi connectivity index (χ0v) is 9.85. The average molecular weight is 214 g/mol. The lowest BCUT2D eigenvalue weighted by Crippen LogP contribution is -2.52. The highest BCUT2D eigenvalue weighted by Crippen LogP contribution is 2.36. The van der Waals surface area contributed by atoms with Gasteiger partial charge in [-0.05, 0) is 19.9 Å². The molecule has 4 unspecified atom stereocenters. The molecule has 0 aromatic rings. The SMILES string of the molecule is CC1=CC=NC2C1C=CC1C(C)=CCNC12. The molecule has 3 aliphatic rings. The van der Waals surface area contributed by atoms with Crippen LogP contribution in [0.15, 0.2) is 40.4 Å². The summed E-state index contributed by atoms with van der Waals surface area (Å²) in [7, 11) is 0. The largest absolute Gasteiger partial charge is 0.307 e. The van der Waals surface area contributed by atoms with E-state index in [0.29, 0.717) is 23.9 Å². The second kappa shape index (κ2) is 3.70. The highest BCUT2D eigenvalue weighted by Gasteiger charge is 2.38. The number of hydrogen-bond acceptors (Lipinski definition) is 2. The van der Waals surface area contributed by atoms with Gasteiger partial charge in [0.25, 0.3) is 0 Å². The normalized spacial score (nSPS) is 40.9. The molecule has 3 rings (SSSR count). The highest BCUT2D eigenvalue weighted by atomic mass is 15.0. The van der Waals surface area contributed by atoms with Crippen molar-refractivity contribution in [1.82, 2.24) is 5.32 Å². The van der Waals surface area contributed by atoms with Crippen molar-refractivity contribution in [3.8, 4) is 0 Å². The predicted octanol–water partition coefficient (Wildman–Crippen LogP) is 2.11. The Balaban J connectivity index is 1.99. The van der Waals surface area contributed by atoms with Gasteiger partial charge in [-0.1, -0.05) is 29.4 Å². The molecular formula is C14H18N2. The fourth-order valence-electron chi connectivity index (χ4n) is 3.06. The Labute approximate surface area is 96.8 Å². The van der Waals surface area contributed by atoms with Crippen molar-refractivity contribution in [1.29, 1.82) is 0 Å². The molecule has 2 heterocycles. The van der Waals surface area contributed by atoms with Gasteiger partial charge in [-0.2, -0.15) is 0 Å². The third-order valence-corrected chi connectivity index (χ3v) is 4.07. The molecule has 0 saturated carbocycles. The third kappa shape index (κ3) is 1.40. The minimum absolute atomic E-state index is 0.392. The third-order valence-electron chi connectivity index (χ3n) is 4.07. The number of aliphatic imine (C=N–C) groups is 1. The van der Waals surface area contributed by atoms with Crippen LogP contribution in [0.1, 0.15) is 13.8 Å². The van der Waals surface area contributed by atoms with E-state index in [0.717, 1.165) is 6.54 Å². The number of rotatable bonds is 0. The topological polar surface area (TPSA) is 24.4 Å². The number of allylic oxidation sites excluding steroid dienone is 1. The maximum Gasteiger partial charge on any atom is 0.0761 e. The van der Waals surface area contributed by atoms with Crippen LogP contribution in [0, 0.1) is 11.8 Å². The molecule has 2 heteroatoms. The molecule has 84 valence electrons. The second-order valence-electron chi connectivity index (χ2n) is 5.02.